The number of carbonyl (C=O) groups excluding carboxylic acids is 2. The number of hydroxylamine groups is 6. The molecule has 10 fully saturated rings. The van der Waals surface area contributed by atoms with Gasteiger partial charge in [0.25, 0.3) is 11.8 Å². The molecule has 222 valence electrons. The summed E-state index contributed by atoms with van der Waals surface area (Å²) >= 11 is 0. The van der Waals surface area contributed by atoms with Gasteiger partial charge in [-0.05, 0) is 113 Å². The minimum Gasteiger partial charge on any atom is -0.632 e. The normalized spacial score (nSPS) is 53.8. The third-order valence-corrected chi connectivity index (χ3v) is 13.5. The number of carbonyl (C=O) groups is 2. The molecule has 0 spiro atoms. The Morgan fingerprint density at radius 2 is 0.875 bits per heavy atom. The highest BCUT2D eigenvalue weighted by Crippen LogP contribution is 2.57. The summed E-state index contributed by atoms with van der Waals surface area (Å²) in [4.78, 5) is 27.3. The van der Waals surface area contributed by atoms with Crippen LogP contribution in [-0.4, -0.2) is 70.4 Å². The first-order valence-corrected chi connectivity index (χ1v) is 16.9. The summed E-state index contributed by atoms with van der Waals surface area (Å²) in [6.45, 7) is 1.10. The van der Waals surface area contributed by atoms with Gasteiger partial charge in [-0.1, -0.05) is 0 Å². The molecule has 0 aromatic rings. The van der Waals surface area contributed by atoms with Crippen LogP contribution in [0.3, 0.4) is 0 Å². The molecule has 8 heteroatoms. The third kappa shape index (κ3) is 4.37. The lowest BCUT2D eigenvalue weighted by atomic mass is 9.53. The Kier molecular flexibility index (Phi) is 6.03. The maximum absolute atomic E-state index is 14.2. The summed E-state index contributed by atoms with van der Waals surface area (Å²) in [5.41, 5.74) is -0.193. The summed E-state index contributed by atoms with van der Waals surface area (Å²) in [6, 6.07) is -1.22. The van der Waals surface area contributed by atoms with E-state index in [1.807, 2.05) is 0 Å². The molecule has 0 aromatic carbocycles. The Hall–Kier alpha value is -1.22. The zero-order chi connectivity index (χ0) is 27.3. The summed E-state index contributed by atoms with van der Waals surface area (Å²) < 4.78 is -1.16. The first-order valence-electron chi connectivity index (χ1n) is 16.9. The lowest BCUT2D eigenvalue weighted by Gasteiger charge is -2.57. The fourth-order valence-corrected chi connectivity index (χ4v) is 12.7. The number of quaternary nitrogens is 2. The number of amides is 2. The number of rotatable bonds is 7. The highest BCUT2D eigenvalue weighted by molar-refractivity contribution is 5.82. The van der Waals surface area contributed by atoms with Crippen molar-refractivity contribution in [1.82, 2.24) is 10.6 Å². The van der Waals surface area contributed by atoms with Gasteiger partial charge in [-0.15, -0.1) is 0 Å². The Balaban J connectivity index is 0.920. The number of likely N-dealkylation sites (tertiary alicyclic amines) is 2. The molecule has 2 heterocycles. The fourth-order valence-electron chi connectivity index (χ4n) is 12.7. The van der Waals surface area contributed by atoms with Crippen molar-refractivity contribution in [1.29, 1.82) is 0 Å². The van der Waals surface area contributed by atoms with Gasteiger partial charge in [-0.25, -0.2) is 0 Å². The van der Waals surface area contributed by atoms with Gasteiger partial charge >= 0.3 is 0 Å². The van der Waals surface area contributed by atoms with Crippen LogP contribution in [0.1, 0.15) is 103 Å². The zero-order valence-corrected chi connectivity index (χ0v) is 24.3. The van der Waals surface area contributed by atoms with Crippen molar-refractivity contribution in [2.24, 2.45) is 35.5 Å². The SMILES string of the molecule is O=C(NC12CC3CC(CC(C3)C1)C2)[C@@H]1CCC[N@@+]1([O-])CC[N@@+]1([O-])CCC[C@H]1C(=O)NC12CC3CC(CC(C3)C1)C2. The van der Waals surface area contributed by atoms with Gasteiger partial charge in [0, 0.05) is 36.8 Å². The van der Waals surface area contributed by atoms with Crippen LogP contribution < -0.4 is 10.6 Å². The quantitative estimate of drug-likeness (QED) is 0.365. The molecule has 10 rings (SSSR count). The van der Waals surface area contributed by atoms with E-state index in [1.54, 1.807) is 0 Å². The second-order valence-electron chi connectivity index (χ2n) is 16.5. The number of hydrogen-bond acceptors (Lipinski definition) is 4. The van der Waals surface area contributed by atoms with Crippen LogP contribution in [0.4, 0.5) is 0 Å². The summed E-state index contributed by atoms with van der Waals surface area (Å²) in [5, 5.41) is 35.2. The van der Waals surface area contributed by atoms with Crippen molar-refractivity contribution in [3.63, 3.8) is 0 Å². The lowest BCUT2D eigenvalue weighted by molar-refractivity contribution is -0.939. The van der Waals surface area contributed by atoms with E-state index in [2.05, 4.69) is 10.6 Å². The number of hydrogen-bond donors (Lipinski definition) is 2. The van der Waals surface area contributed by atoms with E-state index < -0.39 is 21.4 Å². The van der Waals surface area contributed by atoms with Crippen LogP contribution in [0.2, 0.25) is 0 Å². The second-order valence-corrected chi connectivity index (χ2v) is 16.5. The first kappa shape index (κ1) is 26.4. The largest absolute Gasteiger partial charge is 0.632 e. The van der Waals surface area contributed by atoms with E-state index in [9.17, 15) is 20.0 Å². The van der Waals surface area contributed by atoms with Crippen molar-refractivity contribution >= 4 is 11.8 Å². The molecule has 2 N–H and O–H groups in total. The van der Waals surface area contributed by atoms with Gasteiger partial charge in [0.05, 0.1) is 13.1 Å². The molecular formula is C32H50N4O4. The predicted octanol–water partition coefficient (Wildman–Crippen LogP) is 4.11. The van der Waals surface area contributed by atoms with E-state index >= 15 is 0 Å². The van der Waals surface area contributed by atoms with Gasteiger partial charge < -0.3 is 30.3 Å². The topological polar surface area (TPSA) is 104 Å². The molecule has 2 saturated heterocycles. The molecule has 2 aliphatic heterocycles. The van der Waals surface area contributed by atoms with E-state index in [4.69, 9.17) is 0 Å². The minimum absolute atomic E-state index is 0.0653. The van der Waals surface area contributed by atoms with Crippen LogP contribution in [0.25, 0.3) is 0 Å². The maximum Gasteiger partial charge on any atom is 0.279 e. The summed E-state index contributed by atoms with van der Waals surface area (Å²) in [7, 11) is 0. The Morgan fingerprint density at radius 1 is 0.575 bits per heavy atom. The van der Waals surface area contributed by atoms with Crippen LogP contribution in [-0.2, 0) is 9.59 Å². The standard InChI is InChI=1S/C32H50N4O4/c37-29(33-31-15-21-9-22(16-31)11-23(10-21)17-31)27-3-1-5-35(27,39)7-8-36(40)6-2-4-28(36)30(38)34-32-18-24-12-25(19-32)14-26(13-24)20-32/h21-28H,1-20H2,(H,33,37)(H,34,38)/t21?,22?,23?,24?,25?,26?,27-,28-,31?,32?,35-,36+/m0/s1. The van der Waals surface area contributed by atoms with Crippen molar-refractivity contribution < 1.29 is 18.9 Å². The van der Waals surface area contributed by atoms with Crippen molar-refractivity contribution in [3.05, 3.63) is 10.4 Å². The maximum atomic E-state index is 14.2. The highest BCUT2D eigenvalue weighted by Gasteiger charge is 2.55. The smallest absolute Gasteiger partial charge is 0.279 e. The third-order valence-electron chi connectivity index (χ3n) is 13.5. The molecule has 0 radical (unpaired) electrons. The average molecular weight is 555 g/mol. The summed E-state index contributed by atoms with van der Waals surface area (Å²) in [5.74, 6) is 4.30. The van der Waals surface area contributed by atoms with Gasteiger partial charge in [0.2, 0.25) is 0 Å². The van der Waals surface area contributed by atoms with Gasteiger partial charge in [-0.3, -0.25) is 9.59 Å². The van der Waals surface area contributed by atoms with E-state index in [1.165, 1.54) is 38.5 Å². The zero-order valence-electron chi connectivity index (χ0n) is 24.3. The van der Waals surface area contributed by atoms with E-state index in [0.717, 1.165) is 86.9 Å². The van der Waals surface area contributed by atoms with Crippen molar-refractivity contribution in [2.75, 3.05) is 26.2 Å². The molecule has 8 nitrogen and oxygen atoms in total. The number of nitrogens with one attached hydrogen (secondary N) is 2. The average Bonchev–Trinajstić information content (AvgIpc) is 3.44. The first-order chi connectivity index (χ1) is 19.1. The van der Waals surface area contributed by atoms with E-state index in [0.29, 0.717) is 25.9 Å². The predicted molar refractivity (Wildman–Crippen MR) is 151 cm³/mol. The second kappa shape index (κ2) is 9.14. The van der Waals surface area contributed by atoms with Gasteiger partial charge in [0.1, 0.15) is 13.1 Å². The monoisotopic (exact) mass is 554 g/mol. The highest BCUT2D eigenvalue weighted by atomic mass is 16.6. The molecule has 4 atom stereocenters. The Bertz CT molecular complexity index is 911. The van der Waals surface area contributed by atoms with E-state index in [-0.39, 0.29) is 36.0 Å². The molecular weight excluding hydrogens is 504 g/mol. The fraction of sp³-hybridized carbons (Fsp3) is 0.938. The van der Waals surface area contributed by atoms with Crippen LogP contribution in [0.15, 0.2) is 0 Å². The van der Waals surface area contributed by atoms with Crippen molar-refractivity contribution in [2.45, 2.75) is 126 Å². The Morgan fingerprint density at radius 3 is 1.18 bits per heavy atom. The summed E-state index contributed by atoms with van der Waals surface area (Å²) in [6.07, 6.45) is 17.1. The van der Waals surface area contributed by atoms with Crippen LogP contribution in [0.5, 0.6) is 0 Å². The minimum atomic E-state index is -0.610. The Labute approximate surface area is 239 Å². The molecule has 40 heavy (non-hydrogen) atoms. The molecule has 8 aliphatic carbocycles. The molecule has 10 aliphatic rings. The molecule has 8 saturated carbocycles. The molecule has 0 unspecified atom stereocenters. The van der Waals surface area contributed by atoms with Gasteiger partial charge in [0.15, 0.2) is 12.1 Å². The number of nitrogens with zero attached hydrogens (tertiary/aromatic N) is 2. The lowest BCUT2D eigenvalue weighted by Crippen LogP contribution is -2.66. The van der Waals surface area contributed by atoms with Crippen molar-refractivity contribution in [3.8, 4) is 0 Å². The van der Waals surface area contributed by atoms with Crippen LogP contribution >= 0.6 is 0 Å². The molecule has 8 bridgehead atoms. The van der Waals surface area contributed by atoms with Gasteiger partial charge in [-0.2, -0.15) is 0 Å². The molecule has 0 aromatic heterocycles. The van der Waals surface area contributed by atoms with Crippen LogP contribution in [0, 0.1) is 45.9 Å². The molecule has 2 amide bonds.